The van der Waals surface area contributed by atoms with Crippen LogP contribution < -0.4 is 0 Å². The molecule has 0 spiro atoms. The minimum atomic E-state index is -0.0636. The van der Waals surface area contributed by atoms with Gasteiger partial charge in [-0.3, -0.25) is 4.90 Å². The van der Waals surface area contributed by atoms with Gasteiger partial charge in [0.15, 0.2) is 0 Å². The lowest BCUT2D eigenvalue weighted by Gasteiger charge is -2.29. The first-order chi connectivity index (χ1) is 8.31. The molecule has 17 heavy (non-hydrogen) atoms. The highest BCUT2D eigenvalue weighted by Gasteiger charge is 2.17. The summed E-state index contributed by atoms with van der Waals surface area (Å²) in [5, 5.41) is 9.49. The number of likely N-dealkylation sites (tertiary alicyclic amines) is 1. The molecule has 0 amide bonds. The molecule has 0 aromatic heterocycles. The highest BCUT2D eigenvalue weighted by molar-refractivity contribution is 5.35. The average Bonchev–Trinajstić information content (AvgIpc) is 2.79. The van der Waals surface area contributed by atoms with Crippen molar-refractivity contribution in [1.82, 2.24) is 4.90 Å². The molecule has 3 rings (SSSR count). The lowest BCUT2D eigenvalue weighted by Crippen LogP contribution is -2.35. The summed E-state index contributed by atoms with van der Waals surface area (Å²) in [6, 6.07) is 7.00. The van der Waals surface area contributed by atoms with E-state index in [2.05, 4.69) is 23.1 Å². The van der Waals surface area contributed by atoms with Crippen LogP contribution in [0.2, 0.25) is 0 Å². The maximum Gasteiger partial charge on any atom is 0.0564 e. The average molecular weight is 231 g/mol. The molecule has 1 N–H and O–H groups in total. The van der Waals surface area contributed by atoms with Gasteiger partial charge >= 0.3 is 0 Å². The van der Waals surface area contributed by atoms with Crippen molar-refractivity contribution < 1.29 is 5.11 Å². The molecule has 2 heteroatoms. The molecular weight excluding hydrogens is 210 g/mol. The Bertz CT molecular complexity index is 394. The second-order valence-electron chi connectivity index (χ2n) is 5.46. The molecule has 1 heterocycles. The largest absolute Gasteiger partial charge is 0.393 e. The highest BCUT2D eigenvalue weighted by Crippen LogP contribution is 2.24. The van der Waals surface area contributed by atoms with E-state index in [0.29, 0.717) is 0 Å². The van der Waals surface area contributed by atoms with Crippen LogP contribution in [0.25, 0.3) is 0 Å². The normalized spacial score (nSPS) is 21.7. The number of aliphatic hydroxyl groups is 1. The van der Waals surface area contributed by atoms with Gasteiger partial charge in [-0.25, -0.2) is 0 Å². The van der Waals surface area contributed by atoms with E-state index >= 15 is 0 Å². The quantitative estimate of drug-likeness (QED) is 0.843. The lowest BCUT2D eigenvalue weighted by atomic mass is 10.0. The van der Waals surface area contributed by atoms with E-state index in [4.69, 9.17) is 0 Å². The van der Waals surface area contributed by atoms with Crippen LogP contribution in [0, 0.1) is 0 Å². The molecule has 1 fully saturated rings. The van der Waals surface area contributed by atoms with E-state index in [1.54, 1.807) is 11.1 Å². The predicted molar refractivity (Wildman–Crippen MR) is 69.0 cm³/mol. The summed E-state index contributed by atoms with van der Waals surface area (Å²) in [5.41, 5.74) is 4.57. The Hall–Kier alpha value is -0.860. The molecule has 2 nitrogen and oxygen atoms in total. The zero-order chi connectivity index (χ0) is 11.7. The molecule has 1 aliphatic heterocycles. The molecule has 2 aliphatic rings. The molecule has 1 saturated heterocycles. The summed E-state index contributed by atoms with van der Waals surface area (Å²) in [7, 11) is 0. The summed E-state index contributed by atoms with van der Waals surface area (Å²) in [4.78, 5) is 2.46. The predicted octanol–water partition coefficient (Wildman–Crippen LogP) is 2.13. The minimum Gasteiger partial charge on any atom is -0.393 e. The van der Waals surface area contributed by atoms with Crippen LogP contribution in [0.5, 0.6) is 0 Å². The molecule has 0 bridgehead atoms. The van der Waals surface area contributed by atoms with Gasteiger partial charge in [0.25, 0.3) is 0 Å². The highest BCUT2D eigenvalue weighted by atomic mass is 16.3. The molecule has 0 radical (unpaired) electrons. The molecule has 1 aromatic carbocycles. The van der Waals surface area contributed by atoms with Gasteiger partial charge in [0.1, 0.15) is 0 Å². The number of hydrogen-bond donors (Lipinski definition) is 1. The van der Waals surface area contributed by atoms with Crippen LogP contribution in [0.3, 0.4) is 0 Å². The van der Waals surface area contributed by atoms with Gasteiger partial charge in [0.2, 0.25) is 0 Å². The van der Waals surface area contributed by atoms with Crippen molar-refractivity contribution >= 4 is 0 Å². The smallest absolute Gasteiger partial charge is 0.0564 e. The lowest BCUT2D eigenvalue weighted by molar-refractivity contribution is 0.0792. The topological polar surface area (TPSA) is 23.5 Å². The standard InChI is InChI=1S/C15H21NO/c17-15-6-8-16(9-7-15)11-12-4-5-13-2-1-3-14(13)10-12/h4-5,10,15,17H,1-3,6-9,11H2. The van der Waals surface area contributed by atoms with Crippen LogP contribution in [-0.2, 0) is 19.4 Å². The second kappa shape index (κ2) is 4.79. The second-order valence-corrected chi connectivity index (χ2v) is 5.46. The molecule has 1 aliphatic carbocycles. The number of nitrogens with zero attached hydrogens (tertiary/aromatic N) is 1. The van der Waals surface area contributed by atoms with E-state index in [9.17, 15) is 5.11 Å². The third kappa shape index (κ3) is 2.53. The monoisotopic (exact) mass is 231 g/mol. The Labute approximate surface area is 103 Å². The molecular formula is C15H21NO. The van der Waals surface area contributed by atoms with Crippen LogP contribution in [0.1, 0.15) is 36.0 Å². The maximum atomic E-state index is 9.49. The number of piperidine rings is 1. The molecule has 0 saturated carbocycles. The van der Waals surface area contributed by atoms with E-state index in [1.807, 2.05) is 0 Å². The fourth-order valence-electron chi connectivity index (χ4n) is 3.06. The summed E-state index contributed by atoms with van der Waals surface area (Å²) < 4.78 is 0. The van der Waals surface area contributed by atoms with Crippen molar-refractivity contribution in [2.75, 3.05) is 13.1 Å². The van der Waals surface area contributed by atoms with Gasteiger partial charge in [-0.2, -0.15) is 0 Å². The van der Waals surface area contributed by atoms with Crippen molar-refractivity contribution in [2.24, 2.45) is 0 Å². The fraction of sp³-hybridized carbons (Fsp3) is 0.600. The Morgan fingerprint density at radius 2 is 1.88 bits per heavy atom. The number of fused-ring (bicyclic) bond motifs is 1. The van der Waals surface area contributed by atoms with Crippen LogP contribution in [0.4, 0.5) is 0 Å². The fourth-order valence-corrected chi connectivity index (χ4v) is 3.06. The van der Waals surface area contributed by atoms with Crippen molar-refractivity contribution in [3.63, 3.8) is 0 Å². The van der Waals surface area contributed by atoms with Gasteiger partial charge in [-0.15, -0.1) is 0 Å². The van der Waals surface area contributed by atoms with E-state index in [0.717, 1.165) is 32.5 Å². The Morgan fingerprint density at radius 3 is 2.71 bits per heavy atom. The third-order valence-corrected chi connectivity index (χ3v) is 4.13. The summed E-state index contributed by atoms with van der Waals surface area (Å²) in [6.07, 6.45) is 5.67. The minimum absolute atomic E-state index is 0.0636. The van der Waals surface area contributed by atoms with Crippen LogP contribution >= 0.6 is 0 Å². The Kier molecular flexibility index (Phi) is 3.17. The summed E-state index contributed by atoms with van der Waals surface area (Å²) >= 11 is 0. The Morgan fingerprint density at radius 1 is 1.12 bits per heavy atom. The first-order valence-corrected chi connectivity index (χ1v) is 6.82. The van der Waals surface area contributed by atoms with Gasteiger partial charge in [-0.1, -0.05) is 18.2 Å². The first kappa shape index (κ1) is 11.2. The van der Waals surface area contributed by atoms with Crippen molar-refractivity contribution in [1.29, 1.82) is 0 Å². The van der Waals surface area contributed by atoms with Gasteiger partial charge < -0.3 is 5.11 Å². The zero-order valence-electron chi connectivity index (χ0n) is 10.4. The molecule has 92 valence electrons. The van der Waals surface area contributed by atoms with Crippen LogP contribution in [-0.4, -0.2) is 29.2 Å². The van der Waals surface area contributed by atoms with Crippen molar-refractivity contribution in [2.45, 2.75) is 44.8 Å². The van der Waals surface area contributed by atoms with Crippen molar-refractivity contribution in [3.05, 3.63) is 34.9 Å². The number of rotatable bonds is 2. The van der Waals surface area contributed by atoms with Gasteiger partial charge in [0, 0.05) is 19.6 Å². The van der Waals surface area contributed by atoms with E-state index in [-0.39, 0.29) is 6.10 Å². The number of benzene rings is 1. The maximum absolute atomic E-state index is 9.49. The van der Waals surface area contributed by atoms with Crippen LogP contribution in [0.15, 0.2) is 18.2 Å². The van der Waals surface area contributed by atoms with E-state index in [1.165, 1.54) is 24.8 Å². The molecule has 0 atom stereocenters. The van der Waals surface area contributed by atoms with Gasteiger partial charge in [-0.05, 0) is 48.8 Å². The number of aryl methyl sites for hydroxylation is 2. The van der Waals surface area contributed by atoms with Crippen molar-refractivity contribution in [3.8, 4) is 0 Å². The SMILES string of the molecule is OC1CCN(Cc2ccc3c(c2)CCC3)CC1. The first-order valence-electron chi connectivity index (χ1n) is 6.82. The Balaban J connectivity index is 1.65. The molecule has 1 aromatic rings. The zero-order valence-corrected chi connectivity index (χ0v) is 10.4. The number of hydrogen-bond acceptors (Lipinski definition) is 2. The van der Waals surface area contributed by atoms with E-state index < -0.39 is 0 Å². The summed E-state index contributed by atoms with van der Waals surface area (Å²) in [5.74, 6) is 0. The number of aliphatic hydroxyl groups excluding tert-OH is 1. The van der Waals surface area contributed by atoms with Gasteiger partial charge in [0.05, 0.1) is 6.10 Å². The molecule has 0 unspecified atom stereocenters. The third-order valence-electron chi connectivity index (χ3n) is 4.13. The summed E-state index contributed by atoms with van der Waals surface area (Å²) in [6.45, 7) is 3.14.